The smallest absolute Gasteiger partial charge is 0.423 e. The Balaban J connectivity index is 1.60. The third-order valence-corrected chi connectivity index (χ3v) is 6.46. The number of aromatic nitrogens is 3. The zero-order valence-corrected chi connectivity index (χ0v) is 19.7. The van der Waals surface area contributed by atoms with Crippen LogP contribution >= 0.6 is 0 Å². The minimum absolute atomic E-state index is 0.439. The summed E-state index contributed by atoms with van der Waals surface area (Å²) in [7, 11) is 0.508. The van der Waals surface area contributed by atoms with Gasteiger partial charge in [-0.05, 0) is 49.0 Å². The third-order valence-electron chi connectivity index (χ3n) is 6.46. The standard InChI is InChI=1S/C25H27BN6O3/c1-15-12-20-18(22(27)33)8-4-10-21(20)32(15)25-29-23(19-9-5-11-31(2)24(19)30-25)28-14-16-6-3-7-17(13-16)26(34)35/h3-4,6-8,10,12-13,34-35H,5,9,11,14H2,1-2H3,(H2,27,33)(H,28,29,30). The van der Waals surface area contributed by atoms with Crippen LogP contribution in [-0.4, -0.2) is 51.2 Å². The molecule has 5 N–H and O–H groups in total. The van der Waals surface area contributed by atoms with Crippen molar-refractivity contribution in [3.8, 4) is 5.95 Å². The van der Waals surface area contributed by atoms with Gasteiger partial charge >= 0.3 is 7.12 Å². The molecule has 0 bridgehead atoms. The third kappa shape index (κ3) is 4.22. The molecular weight excluding hydrogens is 443 g/mol. The Morgan fingerprint density at radius 3 is 2.74 bits per heavy atom. The summed E-state index contributed by atoms with van der Waals surface area (Å²) in [6.07, 6.45) is 1.86. The first-order valence-electron chi connectivity index (χ1n) is 11.6. The van der Waals surface area contributed by atoms with Gasteiger partial charge in [0.1, 0.15) is 11.6 Å². The number of hydrogen-bond donors (Lipinski definition) is 4. The predicted molar refractivity (Wildman–Crippen MR) is 137 cm³/mol. The van der Waals surface area contributed by atoms with Gasteiger partial charge in [-0.3, -0.25) is 9.36 Å². The van der Waals surface area contributed by atoms with Gasteiger partial charge in [-0.2, -0.15) is 9.97 Å². The van der Waals surface area contributed by atoms with Crippen molar-refractivity contribution >= 4 is 41.0 Å². The predicted octanol–water partition coefficient (Wildman–Crippen LogP) is 1.50. The maximum absolute atomic E-state index is 12.0. The number of carbonyl (C=O) groups is 1. The topological polar surface area (TPSA) is 130 Å². The number of amides is 1. The lowest BCUT2D eigenvalue weighted by molar-refractivity contribution is 0.100. The first-order valence-corrected chi connectivity index (χ1v) is 11.6. The largest absolute Gasteiger partial charge is 0.488 e. The molecule has 0 spiro atoms. The lowest BCUT2D eigenvalue weighted by atomic mass is 9.79. The Morgan fingerprint density at radius 1 is 1.17 bits per heavy atom. The van der Waals surface area contributed by atoms with Crippen molar-refractivity contribution in [2.45, 2.75) is 26.3 Å². The van der Waals surface area contributed by atoms with E-state index in [-0.39, 0.29) is 0 Å². The second-order valence-corrected chi connectivity index (χ2v) is 8.90. The van der Waals surface area contributed by atoms with Crippen molar-refractivity contribution in [1.82, 2.24) is 14.5 Å². The average molecular weight is 470 g/mol. The van der Waals surface area contributed by atoms with Crippen LogP contribution in [0.4, 0.5) is 11.6 Å². The van der Waals surface area contributed by atoms with Gasteiger partial charge in [0, 0.05) is 42.3 Å². The fourth-order valence-corrected chi connectivity index (χ4v) is 4.74. The van der Waals surface area contributed by atoms with E-state index in [1.165, 1.54) is 0 Å². The molecular formula is C25H27BN6O3. The Hall–Kier alpha value is -3.89. The minimum Gasteiger partial charge on any atom is -0.423 e. The summed E-state index contributed by atoms with van der Waals surface area (Å²) in [6, 6.07) is 14.5. The molecule has 0 aliphatic carbocycles. The number of carbonyl (C=O) groups excluding carboxylic acids is 1. The Labute approximate surface area is 203 Å². The van der Waals surface area contributed by atoms with Crippen molar-refractivity contribution in [3.05, 3.63) is 70.9 Å². The summed E-state index contributed by atoms with van der Waals surface area (Å²) in [4.78, 5) is 24.0. The van der Waals surface area contributed by atoms with Crippen molar-refractivity contribution in [1.29, 1.82) is 0 Å². The summed E-state index contributed by atoms with van der Waals surface area (Å²) >= 11 is 0. The number of benzene rings is 2. The fraction of sp³-hybridized carbons (Fsp3) is 0.240. The quantitative estimate of drug-likeness (QED) is 0.314. The SMILES string of the molecule is Cc1cc2c(C(N)=O)cccc2n1-c1nc(NCc2cccc(B(O)O)c2)c2c(n1)N(C)CCC2. The van der Waals surface area contributed by atoms with E-state index in [4.69, 9.17) is 15.7 Å². The molecule has 2 aromatic carbocycles. The highest BCUT2D eigenvalue weighted by Gasteiger charge is 2.24. The monoisotopic (exact) mass is 470 g/mol. The second-order valence-electron chi connectivity index (χ2n) is 8.90. The van der Waals surface area contributed by atoms with E-state index in [0.717, 1.165) is 58.7 Å². The number of hydrogen-bond acceptors (Lipinski definition) is 7. The van der Waals surface area contributed by atoms with Crippen LogP contribution in [0.1, 0.15) is 33.6 Å². The number of aryl methyl sites for hydroxylation is 1. The molecule has 3 heterocycles. The molecule has 0 atom stereocenters. The number of nitrogens with two attached hydrogens (primary N) is 1. The van der Waals surface area contributed by atoms with Gasteiger partial charge in [-0.15, -0.1) is 0 Å². The van der Waals surface area contributed by atoms with Gasteiger partial charge in [0.2, 0.25) is 11.9 Å². The van der Waals surface area contributed by atoms with Crippen molar-refractivity contribution < 1.29 is 14.8 Å². The molecule has 35 heavy (non-hydrogen) atoms. The van der Waals surface area contributed by atoms with E-state index in [2.05, 4.69) is 10.2 Å². The Kier molecular flexibility index (Phi) is 5.92. The average Bonchev–Trinajstić information content (AvgIpc) is 3.18. The van der Waals surface area contributed by atoms with Gasteiger partial charge in [-0.1, -0.05) is 30.3 Å². The number of anilines is 2. The van der Waals surface area contributed by atoms with E-state index >= 15 is 0 Å². The second kappa shape index (κ2) is 9.05. The number of nitrogens with zero attached hydrogens (tertiary/aromatic N) is 4. The molecule has 4 aromatic rings. The molecule has 2 aromatic heterocycles. The highest BCUT2D eigenvalue weighted by Crippen LogP contribution is 2.32. The minimum atomic E-state index is -1.52. The molecule has 1 aliphatic rings. The summed E-state index contributed by atoms with van der Waals surface area (Å²) in [6.45, 7) is 3.32. The lowest BCUT2D eigenvalue weighted by Gasteiger charge is -2.28. The van der Waals surface area contributed by atoms with Crippen molar-refractivity contribution in [2.24, 2.45) is 5.73 Å². The fourth-order valence-electron chi connectivity index (χ4n) is 4.74. The number of primary amides is 1. The molecule has 1 amide bonds. The maximum atomic E-state index is 12.0. The molecule has 178 valence electrons. The van der Waals surface area contributed by atoms with E-state index in [9.17, 15) is 14.8 Å². The van der Waals surface area contributed by atoms with Gasteiger partial charge in [0.25, 0.3) is 0 Å². The van der Waals surface area contributed by atoms with E-state index in [1.54, 1.807) is 24.3 Å². The van der Waals surface area contributed by atoms with Crippen LogP contribution in [0.2, 0.25) is 0 Å². The zero-order valence-electron chi connectivity index (χ0n) is 19.7. The highest BCUT2D eigenvalue weighted by molar-refractivity contribution is 6.58. The van der Waals surface area contributed by atoms with Crippen molar-refractivity contribution in [2.75, 3.05) is 23.8 Å². The molecule has 9 nitrogen and oxygen atoms in total. The molecule has 1 aliphatic heterocycles. The van der Waals surface area contributed by atoms with Crippen LogP contribution < -0.4 is 21.4 Å². The van der Waals surface area contributed by atoms with Crippen LogP contribution in [0, 0.1) is 6.92 Å². The lowest BCUT2D eigenvalue weighted by Crippen LogP contribution is -2.30. The normalized spacial score (nSPS) is 13.1. The highest BCUT2D eigenvalue weighted by atomic mass is 16.4. The van der Waals surface area contributed by atoms with Gasteiger partial charge in [-0.25, -0.2) is 0 Å². The van der Waals surface area contributed by atoms with Crippen LogP contribution in [0.25, 0.3) is 16.9 Å². The summed E-state index contributed by atoms with van der Waals surface area (Å²) in [5.41, 5.74) is 10.2. The van der Waals surface area contributed by atoms with Gasteiger partial charge in [0.15, 0.2) is 0 Å². The molecule has 0 saturated heterocycles. The van der Waals surface area contributed by atoms with E-state index < -0.39 is 13.0 Å². The Morgan fingerprint density at radius 2 is 1.97 bits per heavy atom. The van der Waals surface area contributed by atoms with Crippen LogP contribution in [0.5, 0.6) is 0 Å². The molecule has 0 fully saturated rings. The Bertz CT molecular complexity index is 1430. The summed E-state index contributed by atoms with van der Waals surface area (Å²) < 4.78 is 1.94. The van der Waals surface area contributed by atoms with Crippen LogP contribution in [0.15, 0.2) is 48.5 Å². The van der Waals surface area contributed by atoms with Crippen LogP contribution in [-0.2, 0) is 13.0 Å². The molecule has 10 heteroatoms. The van der Waals surface area contributed by atoms with Crippen LogP contribution in [0.3, 0.4) is 0 Å². The van der Waals surface area contributed by atoms with Crippen molar-refractivity contribution in [3.63, 3.8) is 0 Å². The molecule has 5 rings (SSSR count). The maximum Gasteiger partial charge on any atom is 0.488 e. The number of fused-ring (bicyclic) bond motifs is 2. The summed E-state index contributed by atoms with van der Waals surface area (Å²) in [5, 5.41) is 23.2. The molecule has 0 unspecified atom stereocenters. The zero-order chi connectivity index (χ0) is 24.7. The first kappa shape index (κ1) is 22.9. The molecule has 0 saturated carbocycles. The van der Waals surface area contributed by atoms with Gasteiger partial charge in [0.05, 0.1) is 5.52 Å². The number of rotatable bonds is 6. The van der Waals surface area contributed by atoms with E-state index in [0.29, 0.717) is 23.5 Å². The first-order chi connectivity index (χ1) is 16.8. The number of nitrogens with one attached hydrogen (secondary N) is 1. The summed E-state index contributed by atoms with van der Waals surface area (Å²) in [5.74, 6) is 1.64. The van der Waals surface area contributed by atoms with E-state index in [1.807, 2.05) is 42.8 Å². The molecule has 0 radical (unpaired) electrons. The van der Waals surface area contributed by atoms with Gasteiger partial charge < -0.3 is 26.0 Å².